The first-order chi connectivity index (χ1) is 72.3. The van der Waals surface area contributed by atoms with Gasteiger partial charge in [0.25, 0.3) is 11.8 Å². The van der Waals surface area contributed by atoms with Crippen LogP contribution in [0.3, 0.4) is 0 Å². The van der Waals surface area contributed by atoms with Crippen LogP contribution >= 0.6 is 0 Å². The summed E-state index contributed by atoms with van der Waals surface area (Å²) in [5, 5.41) is 18.3. The summed E-state index contributed by atoms with van der Waals surface area (Å²) in [4.78, 5) is 194. The maximum atomic E-state index is 15.3. The van der Waals surface area contributed by atoms with E-state index in [9.17, 15) is 62.6 Å². The molecule has 7 aromatic carbocycles. The molecule has 2 aliphatic carbocycles. The number of carbonyl (C=O) groups is 14. The molecule has 6 aliphatic heterocycles. The van der Waals surface area contributed by atoms with Crippen molar-refractivity contribution in [1.29, 1.82) is 0 Å². The number of fused-ring (bicyclic) bond motifs is 8. The van der Waals surface area contributed by atoms with Crippen molar-refractivity contribution in [3.05, 3.63) is 184 Å². The number of alkyl carbamates (subject to hydrolysis) is 1. The van der Waals surface area contributed by atoms with Crippen LogP contribution in [0.4, 0.5) is 31.4 Å². The molecule has 0 bridgehead atoms. The van der Waals surface area contributed by atoms with E-state index in [1.807, 2.05) is 60.7 Å². The number of methoxy groups -OCH3 is 4. The van der Waals surface area contributed by atoms with Gasteiger partial charge in [0.2, 0.25) is 30.7 Å². The Bertz CT molecular complexity index is 6050. The molecule has 0 unspecified atom stereocenters. The molecule has 0 aromatic heterocycles. The summed E-state index contributed by atoms with van der Waals surface area (Å²) in [6.45, 7) is 7.67. The summed E-state index contributed by atoms with van der Waals surface area (Å²) in [6.07, 6.45) is -17.9. The Kier molecular flexibility index (Phi) is 36.7. The van der Waals surface area contributed by atoms with Gasteiger partial charge in [0.15, 0.2) is 65.8 Å². The van der Waals surface area contributed by atoms with Gasteiger partial charge in [-0.3, -0.25) is 48.1 Å². The van der Waals surface area contributed by atoms with Crippen molar-refractivity contribution in [3.8, 4) is 45.6 Å². The number of ether oxygens (including phenoxy) is 23. The first-order valence-electron chi connectivity index (χ1n) is 49.0. The summed E-state index contributed by atoms with van der Waals surface area (Å²) in [6, 6.07) is 38.2. The van der Waals surface area contributed by atoms with Crippen LogP contribution < -0.4 is 48.9 Å². The Morgan fingerprint density at radius 2 is 0.947 bits per heavy atom. The van der Waals surface area contributed by atoms with Gasteiger partial charge in [-0.05, 0) is 131 Å². The molecule has 7 aromatic rings. The summed E-state index contributed by atoms with van der Waals surface area (Å²) < 4.78 is 132. The number of benzene rings is 7. The number of aliphatic hydroxyl groups excluding tert-OH is 1. The number of anilines is 3. The van der Waals surface area contributed by atoms with Crippen LogP contribution in [0, 0.1) is 5.41 Å². The summed E-state index contributed by atoms with van der Waals surface area (Å²) in [5.74, 6) is -8.80. The van der Waals surface area contributed by atoms with E-state index in [0.717, 1.165) is 107 Å². The van der Waals surface area contributed by atoms with Crippen molar-refractivity contribution in [2.45, 2.75) is 198 Å². The number of rotatable bonds is 44. The standard InChI is InChI=1S/C106H120N6O38/c1-59(113)141-88-90(143-61(3)115)94(145-63(5)117)101(149-92(88)99(123)130-9)147-70-29-26-65(27-30-70)55-139-104(126)110-54-69-52-106(33-34-106)58-111(69)97(121)75-48-83(128-7)85(50-79(75)110)136-36-18-11-19-37-137-86-51-80-76(49-84(86)129-8)96(120)109-53-68-21-13-12-20-67(68)47-81(109)98(122)112(80)105(127)140-56-66-28-31-82(148-102-95(146-64(6)118)91(144-62(4)116)89(142-60(2)114)93(150-102)100(124)131-10)78(46-66)108-87(119)32-38-132-40-42-134-44-45-135-43-41-133-39-35-107-103(125)138-57-77-73-24-16-14-22-71(73)72-23-15-17-25-74(72)77/h12-17,20-31,46,48-51,69,77,81,88-95,98,101-102,122H,11,18-19,32-45,47,52-58H2,1-10H3,(H,107,125)(H,108,119)/t69-,81-,88-,89-,90-,91-,92-,93-,94+,95+,98-,101+,102+/m0/s1. The second-order valence-corrected chi connectivity index (χ2v) is 36.6. The van der Waals surface area contributed by atoms with Gasteiger partial charge >= 0.3 is 66.0 Å². The number of amides is 6. The lowest BCUT2D eigenvalue weighted by atomic mass is 9.93. The minimum absolute atomic E-state index is 0.0322. The van der Waals surface area contributed by atoms with E-state index in [0.29, 0.717) is 37.8 Å². The number of nitrogens with zero attached hydrogens (tertiary/aromatic N) is 4. The molecule has 44 nitrogen and oxygen atoms in total. The summed E-state index contributed by atoms with van der Waals surface area (Å²) >= 11 is 0. The maximum absolute atomic E-state index is 15.3. The molecule has 1 spiro atoms. The van der Waals surface area contributed by atoms with E-state index in [2.05, 4.69) is 22.8 Å². The number of hydrogen-bond donors (Lipinski definition) is 3. The van der Waals surface area contributed by atoms with Gasteiger partial charge in [-0.1, -0.05) is 91.0 Å². The van der Waals surface area contributed by atoms with E-state index in [-0.39, 0.29) is 203 Å². The van der Waals surface area contributed by atoms with Gasteiger partial charge < -0.3 is 134 Å². The van der Waals surface area contributed by atoms with Crippen molar-refractivity contribution < 1.29 is 181 Å². The molecule has 13 atom stereocenters. The first kappa shape index (κ1) is 109. The zero-order valence-corrected chi connectivity index (χ0v) is 84.4. The molecule has 0 radical (unpaired) electrons. The molecule has 44 heteroatoms. The molecule has 3 N–H and O–H groups in total. The third kappa shape index (κ3) is 26.6. The van der Waals surface area contributed by atoms with Crippen molar-refractivity contribution in [1.82, 2.24) is 15.1 Å². The molecule has 3 saturated heterocycles. The first-order valence-corrected chi connectivity index (χ1v) is 49.0. The monoisotopic (exact) mass is 2080 g/mol. The third-order valence-electron chi connectivity index (χ3n) is 26.3. The minimum atomic E-state index is -1.90. The summed E-state index contributed by atoms with van der Waals surface area (Å²) in [5.41, 5.74) is 6.71. The summed E-state index contributed by atoms with van der Waals surface area (Å²) in [7, 11) is 4.87. The zero-order valence-electron chi connectivity index (χ0n) is 84.4. The average Bonchev–Trinajstić information content (AvgIpc) is 1.57. The highest BCUT2D eigenvalue weighted by Gasteiger charge is 2.60. The van der Waals surface area contributed by atoms with Gasteiger partial charge in [-0.25, -0.2) is 28.9 Å². The van der Waals surface area contributed by atoms with E-state index >= 15 is 9.59 Å². The van der Waals surface area contributed by atoms with Gasteiger partial charge in [0.1, 0.15) is 31.3 Å². The third-order valence-corrected chi connectivity index (χ3v) is 26.3. The maximum Gasteiger partial charge on any atom is 0.416 e. The Morgan fingerprint density at radius 1 is 0.460 bits per heavy atom. The largest absolute Gasteiger partial charge is 0.493 e. The molecule has 6 heterocycles. The Morgan fingerprint density at radius 3 is 1.50 bits per heavy atom. The molecule has 4 fully saturated rings. The quantitative estimate of drug-likeness (QED) is 0.0182. The van der Waals surface area contributed by atoms with Crippen LogP contribution in [0.15, 0.2) is 140 Å². The molecule has 1 saturated carbocycles. The average molecular weight is 2090 g/mol. The number of aliphatic hydroxyl groups is 1. The van der Waals surface area contributed by atoms with Gasteiger partial charge in [0.05, 0.1) is 141 Å². The lowest BCUT2D eigenvalue weighted by Crippen LogP contribution is -2.64. The molecular formula is C106H120N6O38. The van der Waals surface area contributed by atoms with Crippen LogP contribution in [-0.4, -0.2) is 299 Å². The normalized spacial score (nSPS) is 21.4. The molecule has 150 heavy (non-hydrogen) atoms. The van der Waals surface area contributed by atoms with Crippen molar-refractivity contribution in [2.75, 3.05) is 136 Å². The van der Waals surface area contributed by atoms with Gasteiger partial charge in [0, 0.05) is 85.8 Å². The number of nitrogens with one attached hydrogen (secondary N) is 2. The van der Waals surface area contributed by atoms with Gasteiger partial charge in [-0.15, -0.1) is 0 Å². The Labute approximate surface area is 862 Å². The lowest BCUT2D eigenvalue weighted by molar-refractivity contribution is -0.282. The van der Waals surface area contributed by atoms with Crippen LogP contribution in [0.25, 0.3) is 11.1 Å². The second-order valence-electron chi connectivity index (χ2n) is 36.6. The topological polar surface area (TPSA) is 509 Å². The predicted molar refractivity (Wildman–Crippen MR) is 520 cm³/mol. The SMILES string of the molecule is COC(=O)[C@H]1O[C@@H](Oc2ccc(COC(=O)N3C[C@@H]4CC5(CC5)CN4C(=O)c4cc(OC)c(OCCCCCOc5cc6c(cc5OC)C(=O)N5Cc7ccccc7C[C@H]5[C@H](O)N6C(=O)OCc5ccc(O[C@@H]6O[C@H](C(=O)OC)[C@@H](OC(C)=O)[C@H](OC(C)=O)[C@H]6OC(C)=O)c(NC(=O)CCOCCOCCOCCOCCNC(=O)OCC6c7ccccc7-c7ccccc76)c5)cc43)cc2)[C@H](OC(C)=O)[C@@H](OC(C)=O)[C@@H]1OC(C)=O. The predicted octanol–water partition coefficient (Wildman–Crippen LogP) is 9.60. The van der Waals surface area contributed by atoms with Gasteiger partial charge in [-0.2, -0.15) is 0 Å². The van der Waals surface area contributed by atoms with Crippen LogP contribution in [0.1, 0.15) is 147 Å². The van der Waals surface area contributed by atoms with E-state index in [4.69, 9.17) is 109 Å². The highest BCUT2D eigenvalue weighted by molar-refractivity contribution is 6.07. The fourth-order valence-corrected chi connectivity index (χ4v) is 19.2. The van der Waals surface area contributed by atoms with E-state index in [1.54, 1.807) is 29.2 Å². The minimum Gasteiger partial charge on any atom is -0.493 e. The highest BCUT2D eigenvalue weighted by Crippen LogP contribution is 2.57. The molecule has 6 amide bonds. The second kappa shape index (κ2) is 50.4. The number of carbonyl (C=O) groups excluding carboxylic acids is 14. The smallest absolute Gasteiger partial charge is 0.416 e. The molecular weight excluding hydrogens is 1970 g/mol. The Balaban J connectivity index is 0.585. The fourth-order valence-electron chi connectivity index (χ4n) is 19.2. The highest BCUT2D eigenvalue weighted by atomic mass is 16.8. The van der Waals surface area contributed by atoms with Crippen LogP contribution in [-0.2, 0) is 150 Å². The number of unbranched alkanes of at least 4 members (excludes halogenated alkanes) is 2. The van der Waals surface area contributed by atoms with Crippen molar-refractivity contribution >= 4 is 101 Å². The molecule has 15 rings (SSSR count). The zero-order chi connectivity index (χ0) is 107. The fraction of sp³-hybridized carbons (Fsp3) is 0.472. The Hall–Kier alpha value is -15.0. The van der Waals surface area contributed by atoms with E-state index < -0.39 is 158 Å². The molecule has 802 valence electrons. The lowest BCUT2D eigenvalue weighted by Gasteiger charge is -2.43. The van der Waals surface area contributed by atoms with Crippen LogP contribution in [0.5, 0.6) is 34.5 Å². The van der Waals surface area contributed by atoms with Crippen molar-refractivity contribution in [2.24, 2.45) is 5.41 Å². The van der Waals surface area contributed by atoms with Crippen molar-refractivity contribution in [3.63, 3.8) is 0 Å². The van der Waals surface area contributed by atoms with E-state index in [1.165, 1.54) is 66.5 Å². The number of hydrogen-bond acceptors (Lipinski definition) is 38. The number of esters is 8. The van der Waals surface area contributed by atoms with Crippen LogP contribution in [0.2, 0.25) is 0 Å². The molecule has 8 aliphatic rings.